The molecule has 1 heterocycles. The SMILES string of the molecule is CCN(CC1CCCN1)c1ccccc1C#N. The fourth-order valence-electron chi connectivity index (χ4n) is 2.42. The Morgan fingerprint density at radius 2 is 2.29 bits per heavy atom. The topological polar surface area (TPSA) is 39.1 Å². The predicted molar refractivity (Wildman–Crippen MR) is 70.1 cm³/mol. The number of anilines is 1. The molecule has 1 atom stereocenters. The molecule has 3 heteroatoms. The number of likely N-dealkylation sites (N-methyl/N-ethyl adjacent to an activating group) is 1. The van der Waals surface area contributed by atoms with Crippen LogP contribution in [0.3, 0.4) is 0 Å². The maximum atomic E-state index is 9.13. The fraction of sp³-hybridized carbons (Fsp3) is 0.500. The van der Waals surface area contributed by atoms with Crippen molar-refractivity contribution in [3.63, 3.8) is 0 Å². The molecule has 17 heavy (non-hydrogen) atoms. The fourth-order valence-corrected chi connectivity index (χ4v) is 2.42. The highest BCUT2D eigenvalue weighted by atomic mass is 15.2. The molecule has 1 fully saturated rings. The number of nitriles is 1. The highest BCUT2D eigenvalue weighted by Crippen LogP contribution is 2.20. The van der Waals surface area contributed by atoms with E-state index >= 15 is 0 Å². The van der Waals surface area contributed by atoms with Gasteiger partial charge in [-0.1, -0.05) is 12.1 Å². The van der Waals surface area contributed by atoms with Gasteiger partial charge in [0.15, 0.2) is 0 Å². The van der Waals surface area contributed by atoms with Crippen LogP contribution in [-0.4, -0.2) is 25.7 Å². The number of benzene rings is 1. The molecule has 90 valence electrons. The average molecular weight is 229 g/mol. The van der Waals surface area contributed by atoms with Crippen molar-refractivity contribution in [3.05, 3.63) is 29.8 Å². The van der Waals surface area contributed by atoms with Gasteiger partial charge in [-0.3, -0.25) is 0 Å². The zero-order valence-corrected chi connectivity index (χ0v) is 10.3. The molecule has 1 aromatic rings. The van der Waals surface area contributed by atoms with Crippen molar-refractivity contribution in [2.45, 2.75) is 25.8 Å². The molecule has 0 radical (unpaired) electrons. The molecular formula is C14H19N3. The van der Waals surface area contributed by atoms with E-state index in [1.165, 1.54) is 12.8 Å². The average Bonchev–Trinajstić information content (AvgIpc) is 2.89. The van der Waals surface area contributed by atoms with Gasteiger partial charge in [0.25, 0.3) is 0 Å². The highest BCUT2D eigenvalue weighted by molar-refractivity contribution is 5.59. The third kappa shape index (κ3) is 2.78. The van der Waals surface area contributed by atoms with E-state index in [1.807, 2.05) is 24.3 Å². The van der Waals surface area contributed by atoms with Gasteiger partial charge in [-0.05, 0) is 38.4 Å². The summed E-state index contributed by atoms with van der Waals surface area (Å²) in [6.07, 6.45) is 2.51. The van der Waals surface area contributed by atoms with E-state index in [9.17, 15) is 0 Å². The molecule has 0 saturated carbocycles. The molecule has 2 rings (SSSR count). The molecular weight excluding hydrogens is 210 g/mol. The maximum Gasteiger partial charge on any atom is 0.101 e. The van der Waals surface area contributed by atoms with E-state index in [1.54, 1.807) is 0 Å². The molecule has 0 aromatic heterocycles. The van der Waals surface area contributed by atoms with Crippen molar-refractivity contribution in [3.8, 4) is 6.07 Å². The molecule has 1 aromatic carbocycles. The zero-order chi connectivity index (χ0) is 12.1. The Morgan fingerprint density at radius 1 is 1.47 bits per heavy atom. The van der Waals surface area contributed by atoms with Gasteiger partial charge in [0, 0.05) is 19.1 Å². The Kier molecular flexibility index (Phi) is 4.00. The first-order chi connectivity index (χ1) is 8.35. The minimum atomic E-state index is 0.571. The number of hydrogen-bond acceptors (Lipinski definition) is 3. The summed E-state index contributed by atoms with van der Waals surface area (Å²) in [6.45, 7) is 5.21. The standard InChI is InChI=1S/C14H19N3/c1-2-17(11-13-7-5-9-16-13)14-8-4-3-6-12(14)10-15/h3-4,6,8,13,16H,2,5,7,9,11H2,1H3. The van der Waals surface area contributed by atoms with E-state index in [0.717, 1.165) is 30.9 Å². The zero-order valence-electron chi connectivity index (χ0n) is 10.3. The van der Waals surface area contributed by atoms with Crippen molar-refractivity contribution < 1.29 is 0 Å². The van der Waals surface area contributed by atoms with Crippen molar-refractivity contribution in [2.75, 3.05) is 24.5 Å². The molecule has 1 aliphatic heterocycles. The quantitative estimate of drug-likeness (QED) is 0.859. The molecule has 0 bridgehead atoms. The number of hydrogen-bond donors (Lipinski definition) is 1. The molecule has 0 amide bonds. The summed E-state index contributed by atoms with van der Waals surface area (Å²) >= 11 is 0. The smallest absolute Gasteiger partial charge is 0.101 e. The lowest BCUT2D eigenvalue weighted by atomic mass is 10.1. The highest BCUT2D eigenvalue weighted by Gasteiger charge is 2.18. The van der Waals surface area contributed by atoms with Crippen LogP contribution in [0.15, 0.2) is 24.3 Å². The van der Waals surface area contributed by atoms with Crippen LogP contribution >= 0.6 is 0 Å². The number of nitrogens with one attached hydrogen (secondary N) is 1. The third-order valence-corrected chi connectivity index (χ3v) is 3.35. The first-order valence-electron chi connectivity index (χ1n) is 6.32. The van der Waals surface area contributed by atoms with E-state index in [-0.39, 0.29) is 0 Å². The van der Waals surface area contributed by atoms with Crippen molar-refractivity contribution in [1.29, 1.82) is 5.26 Å². The number of rotatable bonds is 4. The summed E-state index contributed by atoms with van der Waals surface area (Å²) in [5.74, 6) is 0. The number of para-hydroxylation sites is 1. The van der Waals surface area contributed by atoms with Crippen LogP contribution in [0.1, 0.15) is 25.3 Å². The van der Waals surface area contributed by atoms with Crippen molar-refractivity contribution in [1.82, 2.24) is 5.32 Å². The largest absolute Gasteiger partial charge is 0.369 e. The second kappa shape index (κ2) is 5.70. The second-order valence-electron chi connectivity index (χ2n) is 4.46. The summed E-state index contributed by atoms with van der Waals surface area (Å²) < 4.78 is 0. The summed E-state index contributed by atoms with van der Waals surface area (Å²) in [6, 6.07) is 10.7. The molecule has 0 spiro atoms. The Hall–Kier alpha value is -1.53. The van der Waals surface area contributed by atoms with Gasteiger partial charge in [-0.25, -0.2) is 0 Å². The first-order valence-corrected chi connectivity index (χ1v) is 6.32. The van der Waals surface area contributed by atoms with Gasteiger partial charge in [0.2, 0.25) is 0 Å². The summed E-state index contributed by atoms with van der Waals surface area (Å²) in [4.78, 5) is 2.29. The lowest BCUT2D eigenvalue weighted by molar-refractivity contribution is 0.586. The predicted octanol–water partition coefficient (Wildman–Crippen LogP) is 2.14. The lowest BCUT2D eigenvalue weighted by Crippen LogP contribution is -2.37. The molecule has 0 aliphatic carbocycles. The molecule has 1 N–H and O–H groups in total. The Labute approximate surface area is 103 Å². The molecule has 1 aliphatic rings. The van der Waals surface area contributed by atoms with Crippen molar-refractivity contribution in [2.24, 2.45) is 0 Å². The first kappa shape index (κ1) is 11.9. The Balaban J connectivity index is 2.14. The van der Waals surface area contributed by atoms with Crippen LogP contribution in [0.4, 0.5) is 5.69 Å². The second-order valence-corrected chi connectivity index (χ2v) is 4.46. The minimum Gasteiger partial charge on any atom is -0.369 e. The van der Waals surface area contributed by atoms with Gasteiger partial charge in [-0.2, -0.15) is 5.26 Å². The van der Waals surface area contributed by atoms with E-state index in [0.29, 0.717) is 6.04 Å². The van der Waals surface area contributed by atoms with Gasteiger partial charge >= 0.3 is 0 Å². The molecule has 3 nitrogen and oxygen atoms in total. The Bertz CT molecular complexity index is 402. The number of nitrogens with zero attached hydrogens (tertiary/aromatic N) is 2. The van der Waals surface area contributed by atoms with Gasteiger partial charge in [-0.15, -0.1) is 0 Å². The van der Waals surface area contributed by atoms with Crippen LogP contribution < -0.4 is 10.2 Å². The van der Waals surface area contributed by atoms with Crippen LogP contribution in [0.5, 0.6) is 0 Å². The van der Waals surface area contributed by atoms with E-state index in [2.05, 4.69) is 23.2 Å². The molecule has 1 unspecified atom stereocenters. The minimum absolute atomic E-state index is 0.571. The summed E-state index contributed by atoms with van der Waals surface area (Å²) in [5, 5.41) is 12.6. The van der Waals surface area contributed by atoms with Crippen molar-refractivity contribution >= 4 is 5.69 Å². The summed E-state index contributed by atoms with van der Waals surface area (Å²) in [5.41, 5.74) is 1.83. The molecule has 1 saturated heterocycles. The van der Waals surface area contributed by atoms with E-state index in [4.69, 9.17) is 5.26 Å². The van der Waals surface area contributed by atoms with Gasteiger partial charge in [0.05, 0.1) is 11.3 Å². The maximum absolute atomic E-state index is 9.13. The van der Waals surface area contributed by atoms with Gasteiger partial charge < -0.3 is 10.2 Å². The van der Waals surface area contributed by atoms with Crippen LogP contribution in [-0.2, 0) is 0 Å². The summed E-state index contributed by atoms with van der Waals surface area (Å²) in [7, 11) is 0. The van der Waals surface area contributed by atoms with Gasteiger partial charge in [0.1, 0.15) is 6.07 Å². The van der Waals surface area contributed by atoms with Crippen LogP contribution in [0, 0.1) is 11.3 Å². The van der Waals surface area contributed by atoms with E-state index < -0.39 is 0 Å². The third-order valence-electron chi connectivity index (χ3n) is 3.35. The Morgan fingerprint density at radius 3 is 2.94 bits per heavy atom. The monoisotopic (exact) mass is 229 g/mol. The van der Waals surface area contributed by atoms with Crippen LogP contribution in [0.2, 0.25) is 0 Å². The van der Waals surface area contributed by atoms with Crippen LogP contribution in [0.25, 0.3) is 0 Å². The normalized spacial score (nSPS) is 18.9. The lowest BCUT2D eigenvalue weighted by Gasteiger charge is -2.27.